The molecule has 0 aliphatic rings. The van der Waals surface area contributed by atoms with Gasteiger partial charge in [-0.25, -0.2) is 0 Å². The normalized spacial score (nSPS) is 11.9. The summed E-state index contributed by atoms with van der Waals surface area (Å²) >= 11 is 0. The smallest absolute Gasteiger partial charge is 0.317 e. The third kappa shape index (κ3) is 3.80. The fraction of sp³-hybridized carbons (Fsp3) is 0.357. The lowest BCUT2D eigenvalue weighted by atomic mass is 10.0. The highest BCUT2D eigenvalue weighted by atomic mass is 16.6. The van der Waals surface area contributed by atoms with Gasteiger partial charge in [-0.3, -0.25) is 19.8 Å². The van der Waals surface area contributed by atoms with Gasteiger partial charge >= 0.3 is 5.97 Å². The van der Waals surface area contributed by atoms with Gasteiger partial charge in [-0.1, -0.05) is 18.1 Å². The molecule has 0 saturated carbocycles. The van der Waals surface area contributed by atoms with E-state index in [1.807, 2.05) is 0 Å². The number of nitro benzene ring substituents is 1. The van der Waals surface area contributed by atoms with Crippen LogP contribution >= 0.6 is 0 Å². The van der Waals surface area contributed by atoms with Crippen LogP contribution < -0.4 is 0 Å². The molecule has 0 radical (unpaired) electrons. The van der Waals surface area contributed by atoms with Crippen LogP contribution in [-0.2, 0) is 4.79 Å². The molecule has 1 unspecified atom stereocenters. The van der Waals surface area contributed by atoms with Crippen LogP contribution in [0.25, 0.3) is 0 Å². The summed E-state index contributed by atoms with van der Waals surface area (Å²) in [4.78, 5) is 22.9. The van der Waals surface area contributed by atoms with Crippen molar-refractivity contribution < 1.29 is 14.8 Å². The Morgan fingerprint density at radius 1 is 1.60 bits per heavy atom. The number of benzene rings is 1. The van der Waals surface area contributed by atoms with E-state index < -0.39 is 10.9 Å². The Labute approximate surface area is 117 Å². The minimum atomic E-state index is -0.992. The quantitative estimate of drug-likeness (QED) is 0.488. The summed E-state index contributed by atoms with van der Waals surface area (Å²) in [6, 6.07) is 4.55. The number of aryl methyl sites for hydroxylation is 1. The lowest BCUT2D eigenvalue weighted by molar-refractivity contribution is -0.385. The molecule has 0 aliphatic heterocycles. The van der Waals surface area contributed by atoms with Crippen LogP contribution in [0.2, 0.25) is 0 Å². The van der Waals surface area contributed by atoms with Crippen molar-refractivity contribution >= 4 is 11.7 Å². The van der Waals surface area contributed by atoms with Crippen molar-refractivity contribution in [3.8, 4) is 12.3 Å². The number of rotatable bonds is 6. The summed E-state index contributed by atoms with van der Waals surface area (Å²) in [5, 5.41) is 19.8. The standard InChI is InChI=1S/C14H16N2O4/c1-4-7-15(9-14(17)18)11(3)12-6-5-10(2)13(8-12)16(19)20/h1,5-6,8,11H,7,9H2,2-3H3,(H,17,18). The van der Waals surface area contributed by atoms with Crippen molar-refractivity contribution in [2.45, 2.75) is 19.9 Å². The highest BCUT2D eigenvalue weighted by Crippen LogP contribution is 2.26. The predicted octanol–water partition coefficient (Wildman–Crippen LogP) is 1.98. The number of carbonyl (C=O) groups is 1. The second-order valence-electron chi connectivity index (χ2n) is 4.48. The molecule has 1 atom stereocenters. The van der Waals surface area contributed by atoms with Crippen LogP contribution in [0.15, 0.2) is 18.2 Å². The summed E-state index contributed by atoms with van der Waals surface area (Å²) in [5.41, 5.74) is 1.25. The van der Waals surface area contributed by atoms with Gasteiger partial charge in [-0.05, 0) is 19.4 Å². The Balaban J connectivity index is 3.08. The molecule has 0 amide bonds. The predicted molar refractivity (Wildman–Crippen MR) is 74.3 cm³/mol. The SMILES string of the molecule is C#CCN(CC(=O)O)C(C)c1ccc(C)c([N+](=O)[O-])c1. The minimum Gasteiger partial charge on any atom is -0.480 e. The molecular weight excluding hydrogens is 260 g/mol. The molecular formula is C14H16N2O4. The molecule has 1 aromatic rings. The van der Waals surface area contributed by atoms with Gasteiger partial charge in [0.25, 0.3) is 5.69 Å². The van der Waals surface area contributed by atoms with E-state index >= 15 is 0 Å². The largest absolute Gasteiger partial charge is 0.480 e. The first kappa shape index (κ1) is 15.7. The first-order valence-corrected chi connectivity index (χ1v) is 6.01. The van der Waals surface area contributed by atoms with E-state index in [1.54, 1.807) is 30.9 Å². The minimum absolute atomic E-state index is 0.0188. The van der Waals surface area contributed by atoms with E-state index in [1.165, 1.54) is 6.07 Å². The molecule has 0 aliphatic carbocycles. The number of hydrogen-bond donors (Lipinski definition) is 1. The fourth-order valence-corrected chi connectivity index (χ4v) is 1.91. The highest BCUT2D eigenvalue weighted by molar-refractivity contribution is 5.69. The lowest BCUT2D eigenvalue weighted by Crippen LogP contribution is -2.32. The molecule has 0 fully saturated rings. The Morgan fingerprint density at radius 3 is 2.75 bits per heavy atom. The van der Waals surface area contributed by atoms with E-state index in [9.17, 15) is 14.9 Å². The zero-order chi connectivity index (χ0) is 15.3. The number of hydrogen-bond acceptors (Lipinski definition) is 4. The van der Waals surface area contributed by atoms with Crippen LogP contribution in [0.5, 0.6) is 0 Å². The molecule has 0 aromatic heterocycles. The van der Waals surface area contributed by atoms with Crippen LogP contribution in [0.1, 0.15) is 24.1 Å². The molecule has 0 heterocycles. The molecule has 6 heteroatoms. The van der Waals surface area contributed by atoms with E-state index in [0.717, 1.165) is 0 Å². The van der Waals surface area contributed by atoms with Gasteiger partial charge in [0.05, 0.1) is 18.0 Å². The van der Waals surface area contributed by atoms with Crippen molar-refractivity contribution in [2.24, 2.45) is 0 Å². The van der Waals surface area contributed by atoms with Crippen molar-refractivity contribution in [1.29, 1.82) is 0 Å². The van der Waals surface area contributed by atoms with Gasteiger partial charge in [0, 0.05) is 17.7 Å². The topological polar surface area (TPSA) is 83.7 Å². The number of nitro groups is 1. The first-order valence-electron chi connectivity index (χ1n) is 6.01. The van der Waals surface area contributed by atoms with Gasteiger partial charge in [0.2, 0.25) is 0 Å². The maximum Gasteiger partial charge on any atom is 0.317 e. The van der Waals surface area contributed by atoms with Crippen LogP contribution in [0, 0.1) is 29.4 Å². The number of carboxylic acid groups (broad SMARTS) is 1. The highest BCUT2D eigenvalue weighted by Gasteiger charge is 2.20. The van der Waals surface area contributed by atoms with Crippen molar-refractivity contribution in [3.05, 3.63) is 39.4 Å². The summed E-state index contributed by atoms with van der Waals surface area (Å²) in [6.07, 6.45) is 5.23. The number of carboxylic acids is 1. The number of nitrogens with zero attached hydrogens (tertiary/aromatic N) is 2. The maximum atomic E-state index is 10.9. The van der Waals surface area contributed by atoms with Crippen LogP contribution in [0.4, 0.5) is 5.69 Å². The third-order valence-electron chi connectivity index (χ3n) is 3.09. The summed E-state index contributed by atoms with van der Waals surface area (Å²) in [5.74, 6) is 1.41. The lowest BCUT2D eigenvalue weighted by Gasteiger charge is -2.25. The zero-order valence-electron chi connectivity index (χ0n) is 11.4. The second-order valence-corrected chi connectivity index (χ2v) is 4.48. The first-order chi connectivity index (χ1) is 9.36. The van der Waals surface area contributed by atoms with Crippen LogP contribution in [-0.4, -0.2) is 34.0 Å². The monoisotopic (exact) mass is 276 g/mol. The van der Waals surface area contributed by atoms with Crippen LogP contribution in [0.3, 0.4) is 0 Å². The van der Waals surface area contributed by atoms with Crippen molar-refractivity contribution in [1.82, 2.24) is 4.90 Å². The Bertz CT molecular complexity index is 563. The molecule has 6 nitrogen and oxygen atoms in total. The molecule has 20 heavy (non-hydrogen) atoms. The average Bonchev–Trinajstić information content (AvgIpc) is 2.37. The average molecular weight is 276 g/mol. The van der Waals surface area contributed by atoms with Gasteiger partial charge in [0.1, 0.15) is 0 Å². The molecule has 1 rings (SSSR count). The van der Waals surface area contributed by atoms with Gasteiger partial charge in [0.15, 0.2) is 0 Å². The Kier molecular flexibility index (Phi) is 5.23. The number of aliphatic carboxylic acids is 1. The fourth-order valence-electron chi connectivity index (χ4n) is 1.91. The van der Waals surface area contributed by atoms with E-state index in [2.05, 4.69) is 5.92 Å². The maximum absolute atomic E-state index is 10.9. The molecule has 0 saturated heterocycles. The summed E-state index contributed by atoms with van der Waals surface area (Å²) in [7, 11) is 0. The third-order valence-corrected chi connectivity index (χ3v) is 3.09. The van der Waals surface area contributed by atoms with E-state index in [4.69, 9.17) is 11.5 Å². The summed E-state index contributed by atoms with van der Waals surface area (Å²) in [6.45, 7) is 3.37. The van der Waals surface area contributed by atoms with Gasteiger partial charge in [-0.2, -0.15) is 0 Å². The Morgan fingerprint density at radius 2 is 2.25 bits per heavy atom. The van der Waals surface area contributed by atoms with E-state index in [-0.39, 0.29) is 24.8 Å². The van der Waals surface area contributed by atoms with Crippen molar-refractivity contribution in [3.63, 3.8) is 0 Å². The molecule has 106 valence electrons. The molecule has 0 bridgehead atoms. The summed E-state index contributed by atoms with van der Waals surface area (Å²) < 4.78 is 0. The molecule has 0 spiro atoms. The van der Waals surface area contributed by atoms with Gasteiger partial charge in [-0.15, -0.1) is 6.42 Å². The van der Waals surface area contributed by atoms with E-state index in [0.29, 0.717) is 11.1 Å². The van der Waals surface area contributed by atoms with Crippen molar-refractivity contribution in [2.75, 3.05) is 13.1 Å². The van der Waals surface area contributed by atoms with Gasteiger partial charge < -0.3 is 5.11 Å². The number of terminal acetylenes is 1. The Hall–Kier alpha value is -2.39. The molecule has 1 N–H and O–H groups in total. The zero-order valence-corrected chi connectivity index (χ0v) is 11.4. The second kappa shape index (κ2) is 6.68. The molecule has 1 aromatic carbocycles.